The first-order valence-electron chi connectivity index (χ1n) is 9.59. The smallest absolute Gasteiger partial charge is 0.375 e. The van der Waals surface area contributed by atoms with Crippen LogP contribution >= 0.6 is 0 Å². The second-order valence-corrected chi connectivity index (χ2v) is 8.17. The third-order valence-electron chi connectivity index (χ3n) is 4.89. The van der Waals surface area contributed by atoms with Crippen LogP contribution in [0.5, 0.6) is 0 Å². The van der Waals surface area contributed by atoms with Crippen LogP contribution in [-0.4, -0.2) is 23.6 Å². The van der Waals surface area contributed by atoms with E-state index in [0.717, 1.165) is 16.2 Å². The summed E-state index contributed by atoms with van der Waals surface area (Å²) < 4.78 is 16.1. The summed E-state index contributed by atoms with van der Waals surface area (Å²) in [4.78, 5) is 24.7. The number of anilines is 1. The number of furan rings is 1. The number of aryl methyl sites for hydroxylation is 1. The zero-order chi connectivity index (χ0) is 21.5. The maximum Gasteiger partial charge on any atom is 0.375 e. The van der Waals surface area contributed by atoms with E-state index in [1.54, 1.807) is 13.0 Å². The lowest BCUT2D eigenvalue weighted by atomic mass is 9.92. The molecule has 1 amide bonds. The van der Waals surface area contributed by atoms with Crippen molar-refractivity contribution in [3.05, 3.63) is 59.5 Å². The van der Waals surface area contributed by atoms with Crippen molar-refractivity contribution in [2.45, 2.75) is 33.1 Å². The molecule has 4 aromatic rings. The van der Waals surface area contributed by atoms with Crippen LogP contribution in [0.4, 0.5) is 5.88 Å². The molecular weight excluding hydrogens is 384 g/mol. The molecule has 0 saturated heterocycles. The van der Waals surface area contributed by atoms with Gasteiger partial charge in [0.15, 0.2) is 6.61 Å². The van der Waals surface area contributed by atoms with Gasteiger partial charge in [0, 0.05) is 27.8 Å². The second kappa shape index (κ2) is 7.33. The third-order valence-corrected chi connectivity index (χ3v) is 4.89. The van der Waals surface area contributed by atoms with Gasteiger partial charge in [0.25, 0.3) is 5.91 Å². The fraction of sp³-hybridized carbons (Fsp3) is 0.261. The number of esters is 1. The SMILES string of the molecule is Cc1c(C(=O)OCC(=O)Nc2cc(C(C)(C)C)no2)oc2c1ccc1ccccc12. The highest BCUT2D eigenvalue weighted by molar-refractivity contribution is 6.08. The largest absolute Gasteiger partial charge is 0.450 e. The third kappa shape index (κ3) is 3.66. The molecule has 0 spiro atoms. The van der Waals surface area contributed by atoms with Crippen molar-refractivity contribution in [3.63, 3.8) is 0 Å². The maximum absolute atomic E-state index is 12.5. The minimum Gasteiger partial charge on any atom is -0.450 e. The fourth-order valence-corrected chi connectivity index (χ4v) is 3.20. The molecule has 0 aliphatic rings. The summed E-state index contributed by atoms with van der Waals surface area (Å²) in [5, 5.41) is 9.22. The number of nitrogens with zero attached hydrogens (tertiary/aromatic N) is 1. The highest BCUT2D eigenvalue weighted by atomic mass is 16.5. The van der Waals surface area contributed by atoms with E-state index >= 15 is 0 Å². The summed E-state index contributed by atoms with van der Waals surface area (Å²) >= 11 is 0. The van der Waals surface area contributed by atoms with Crippen LogP contribution in [0, 0.1) is 6.92 Å². The summed E-state index contributed by atoms with van der Waals surface area (Å²) in [5.74, 6) is -0.939. The fourth-order valence-electron chi connectivity index (χ4n) is 3.20. The maximum atomic E-state index is 12.5. The van der Waals surface area contributed by atoms with Crippen LogP contribution < -0.4 is 5.32 Å². The van der Waals surface area contributed by atoms with E-state index in [0.29, 0.717) is 16.8 Å². The van der Waals surface area contributed by atoms with Crippen molar-refractivity contribution in [1.82, 2.24) is 5.16 Å². The van der Waals surface area contributed by atoms with Crippen molar-refractivity contribution < 1.29 is 23.3 Å². The number of hydrogen-bond acceptors (Lipinski definition) is 6. The van der Waals surface area contributed by atoms with E-state index in [1.165, 1.54) is 0 Å². The predicted octanol–water partition coefficient (Wildman–Crippen LogP) is 4.98. The molecule has 0 fully saturated rings. The number of aromatic nitrogens is 1. The van der Waals surface area contributed by atoms with Crippen molar-refractivity contribution >= 4 is 39.5 Å². The number of rotatable bonds is 4. The van der Waals surface area contributed by atoms with E-state index in [1.807, 2.05) is 57.2 Å². The molecule has 0 aliphatic heterocycles. The molecule has 1 N–H and O–H groups in total. The lowest BCUT2D eigenvalue weighted by Gasteiger charge is -2.12. The van der Waals surface area contributed by atoms with Crippen molar-refractivity contribution in [3.8, 4) is 0 Å². The number of amides is 1. The van der Waals surface area contributed by atoms with Crippen molar-refractivity contribution in [1.29, 1.82) is 0 Å². The Morgan fingerprint density at radius 2 is 1.87 bits per heavy atom. The second-order valence-electron chi connectivity index (χ2n) is 8.17. The summed E-state index contributed by atoms with van der Waals surface area (Å²) in [7, 11) is 0. The lowest BCUT2D eigenvalue weighted by Crippen LogP contribution is -2.20. The Bertz CT molecular complexity index is 1260. The van der Waals surface area contributed by atoms with Crippen LogP contribution in [0.2, 0.25) is 0 Å². The summed E-state index contributed by atoms with van der Waals surface area (Å²) in [5.41, 5.74) is 1.80. The zero-order valence-corrected chi connectivity index (χ0v) is 17.2. The summed E-state index contributed by atoms with van der Waals surface area (Å²) in [6.45, 7) is 7.27. The zero-order valence-electron chi connectivity index (χ0n) is 17.2. The predicted molar refractivity (Wildman–Crippen MR) is 113 cm³/mol. The van der Waals surface area contributed by atoms with Crippen LogP contribution in [-0.2, 0) is 14.9 Å². The van der Waals surface area contributed by atoms with Gasteiger partial charge < -0.3 is 13.7 Å². The lowest BCUT2D eigenvalue weighted by molar-refractivity contribution is -0.119. The minimum absolute atomic E-state index is 0.0869. The van der Waals surface area contributed by atoms with Gasteiger partial charge in [0.05, 0.1) is 5.69 Å². The van der Waals surface area contributed by atoms with Gasteiger partial charge in [0.1, 0.15) is 5.58 Å². The van der Waals surface area contributed by atoms with E-state index in [4.69, 9.17) is 13.7 Å². The van der Waals surface area contributed by atoms with Gasteiger partial charge >= 0.3 is 5.97 Å². The number of ether oxygens (including phenoxy) is 1. The number of carbonyl (C=O) groups is 2. The highest BCUT2D eigenvalue weighted by Crippen LogP contribution is 2.32. The number of nitrogens with one attached hydrogen (secondary N) is 1. The molecular formula is C23H22N2O5. The number of fused-ring (bicyclic) bond motifs is 3. The molecule has 0 saturated carbocycles. The molecule has 0 unspecified atom stereocenters. The summed E-state index contributed by atoms with van der Waals surface area (Å²) in [6.07, 6.45) is 0. The standard InChI is InChI=1S/C23H22N2O5/c1-13-15-10-9-14-7-5-6-8-16(14)21(15)29-20(13)22(27)28-12-18(26)24-19-11-17(25-30-19)23(2,3)4/h5-11H,12H2,1-4H3,(H,24,26). The van der Waals surface area contributed by atoms with E-state index < -0.39 is 18.5 Å². The number of carbonyl (C=O) groups excluding carboxylic acids is 2. The molecule has 2 aromatic heterocycles. The van der Waals surface area contributed by atoms with Crippen LogP contribution in [0.3, 0.4) is 0 Å². The topological polar surface area (TPSA) is 94.6 Å². The highest BCUT2D eigenvalue weighted by Gasteiger charge is 2.22. The van der Waals surface area contributed by atoms with Crippen LogP contribution in [0.1, 0.15) is 42.6 Å². The Morgan fingerprint density at radius 3 is 2.60 bits per heavy atom. The first kappa shape index (κ1) is 19.7. The Kier molecular flexibility index (Phi) is 4.81. The molecule has 0 bridgehead atoms. The Hall–Kier alpha value is -3.61. The number of hydrogen-bond donors (Lipinski definition) is 1. The molecule has 2 aromatic carbocycles. The molecule has 0 aliphatic carbocycles. The van der Waals surface area contributed by atoms with Crippen LogP contribution in [0.25, 0.3) is 21.7 Å². The van der Waals surface area contributed by atoms with Gasteiger partial charge in [-0.1, -0.05) is 62.3 Å². The van der Waals surface area contributed by atoms with Crippen molar-refractivity contribution in [2.24, 2.45) is 0 Å². The monoisotopic (exact) mass is 406 g/mol. The molecule has 0 atom stereocenters. The molecule has 30 heavy (non-hydrogen) atoms. The van der Waals surface area contributed by atoms with Gasteiger partial charge in [-0.15, -0.1) is 0 Å². The molecule has 0 radical (unpaired) electrons. The molecule has 7 heteroatoms. The average Bonchev–Trinajstić information content (AvgIpc) is 3.31. The van der Waals surface area contributed by atoms with Crippen molar-refractivity contribution in [2.75, 3.05) is 11.9 Å². The van der Waals surface area contributed by atoms with Gasteiger partial charge in [-0.3, -0.25) is 10.1 Å². The van der Waals surface area contributed by atoms with Gasteiger partial charge in [-0.25, -0.2) is 4.79 Å². The summed E-state index contributed by atoms with van der Waals surface area (Å²) in [6, 6.07) is 13.3. The Morgan fingerprint density at radius 1 is 1.10 bits per heavy atom. The van der Waals surface area contributed by atoms with Gasteiger partial charge in [0.2, 0.25) is 11.6 Å². The molecule has 7 nitrogen and oxygen atoms in total. The molecule has 2 heterocycles. The van der Waals surface area contributed by atoms with Crippen LogP contribution in [0.15, 0.2) is 51.4 Å². The molecule has 154 valence electrons. The quantitative estimate of drug-likeness (QED) is 0.481. The van der Waals surface area contributed by atoms with E-state index in [2.05, 4.69) is 10.5 Å². The minimum atomic E-state index is -0.698. The van der Waals surface area contributed by atoms with E-state index in [9.17, 15) is 9.59 Å². The Balaban J connectivity index is 1.47. The molecule has 4 rings (SSSR count). The Labute approximate surface area is 173 Å². The van der Waals surface area contributed by atoms with Gasteiger partial charge in [-0.2, -0.15) is 0 Å². The first-order valence-corrected chi connectivity index (χ1v) is 9.59. The van der Waals surface area contributed by atoms with E-state index in [-0.39, 0.29) is 17.1 Å². The van der Waals surface area contributed by atoms with Gasteiger partial charge in [-0.05, 0) is 12.3 Å². The normalized spacial score (nSPS) is 11.7. The average molecular weight is 406 g/mol. The first-order chi connectivity index (χ1) is 14.2. The number of benzene rings is 2.